The molecule has 4 nitrogen and oxygen atoms in total. The van der Waals surface area contributed by atoms with Crippen LogP contribution in [0.25, 0.3) is 5.14 Å². The first-order chi connectivity index (χ1) is 2.00. The number of nitrogens with two attached hydrogens (primary N) is 1. The third kappa shape index (κ3) is 801. The van der Waals surface area contributed by atoms with Crippen molar-refractivity contribution in [1.82, 2.24) is 0 Å². The van der Waals surface area contributed by atoms with Crippen molar-refractivity contribution >= 4 is 10.2 Å². The third-order valence-corrected chi connectivity index (χ3v) is 0. The number of hydrogen-bond donors (Lipinski definition) is 1. The van der Waals surface area contributed by atoms with Gasteiger partial charge in [-0.15, -0.1) is 0 Å². The Kier molecular flexibility index (Phi) is 0.901. The lowest BCUT2D eigenvalue weighted by molar-refractivity contribution is 0.606. The number of nitrogens with one attached hydrogen (secondary N) is 1. The highest BCUT2D eigenvalue weighted by atomic mass is 32.2. The maximum absolute atomic E-state index is 9.08. The molecular weight excluding hydrogens is 92.1 g/mol. The molecule has 5 heavy (non-hydrogen) atoms. The second-order valence-electron chi connectivity index (χ2n) is 0.545. The fourth-order valence-corrected chi connectivity index (χ4v) is 0. The highest BCUT2D eigenvalue weighted by Crippen LogP contribution is 1.63. The van der Waals surface area contributed by atoms with E-state index in [1.54, 1.807) is 0 Å². The van der Waals surface area contributed by atoms with Crippen molar-refractivity contribution in [3.63, 3.8) is 0 Å². The van der Waals surface area contributed by atoms with Gasteiger partial charge in [0.1, 0.15) is 10.2 Å². The summed E-state index contributed by atoms with van der Waals surface area (Å²) in [7, 11) is -3.92. The third-order valence-electron chi connectivity index (χ3n) is 0. The van der Waals surface area contributed by atoms with E-state index in [0.717, 1.165) is 0 Å². The highest BCUT2D eigenvalue weighted by molar-refractivity contribution is 7.90. The molecule has 5 heteroatoms. The van der Waals surface area contributed by atoms with Crippen molar-refractivity contribution in [1.29, 1.82) is 0 Å². The Hall–Kier alpha value is -0.130. The van der Waals surface area contributed by atoms with Crippen LogP contribution in [0.2, 0.25) is 0 Å². The molecule has 0 unspecified atom stereocenters. The van der Waals surface area contributed by atoms with Crippen LogP contribution in [0.5, 0.6) is 0 Å². The Morgan fingerprint density at radius 2 is 1.60 bits per heavy atom. The highest BCUT2D eigenvalue weighted by Gasteiger charge is 1.65. The van der Waals surface area contributed by atoms with Crippen LogP contribution < -0.4 is 5.14 Å². The first-order valence-corrected chi connectivity index (χ1v) is 2.32. The van der Waals surface area contributed by atoms with Gasteiger partial charge in [0.05, 0.1) is 0 Å². The lowest BCUT2D eigenvalue weighted by Gasteiger charge is -1.86. The topological polar surface area (TPSA) is 84.0 Å². The molecule has 0 heterocycles. The summed E-state index contributed by atoms with van der Waals surface area (Å²) in [6.45, 7) is 0. The molecule has 0 aliphatic heterocycles. The SMILES string of the molecule is [NH-]S(N)(=O)=O. The lowest BCUT2D eigenvalue weighted by atomic mass is 13.9. The molecule has 0 aromatic rings. The van der Waals surface area contributed by atoms with Crippen molar-refractivity contribution in [2.45, 2.75) is 0 Å². The van der Waals surface area contributed by atoms with Crippen LogP contribution in [0.4, 0.5) is 0 Å². The van der Waals surface area contributed by atoms with Crippen molar-refractivity contribution in [3.8, 4) is 0 Å². The van der Waals surface area contributed by atoms with E-state index >= 15 is 0 Å². The average Bonchev–Trinajstić information content (AvgIpc) is 0.722. The average molecular weight is 95.1 g/mol. The second kappa shape index (κ2) is 0.925. The molecule has 0 bridgehead atoms. The normalized spacial score (nSPS) is 11.6. The minimum Gasteiger partial charge on any atom is -0.551 e. The minimum atomic E-state index is -3.92. The van der Waals surface area contributed by atoms with Crippen LogP contribution in [-0.2, 0) is 10.2 Å². The van der Waals surface area contributed by atoms with Gasteiger partial charge in [-0.2, -0.15) is 0 Å². The summed E-state index contributed by atoms with van der Waals surface area (Å²) in [6.07, 6.45) is 0. The van der Waals surface area contributed by atoms with Gasteiger partial charge in [0.2, 0.25) is 0 Å². The van der Waals surface area contributed by atoms with Gasteiger partial charge >= 0.3 is 0 Å². The molecule has 0 aromatic carbocycles. The first-order valence-electron chi connectivity index (χ1n) is 0.773. The van der Waals surface area contributed by atoms with Crippen LogP contribution in [0.15, 0.2) is 0 Å². The minimum absolute atomic E-state index is 3.92. The van der Waals surface area contributed by atoms with Gasteiger partial charge in [0.25, 0.3) is 0 Å². The van der Waals surface area contributed by atoms with E-state index < -0.39 is 10.2 Å². The summed E-state index contributed by atoms with van der Waals surface area (Å²) in [5.74, 6) is 0. The molecule has 32 valence electrons. The summed E-state index contributed by atoms with van der Waals surface area (Å²) < 4.78 is 18.2. The maximum atomic E-state index is 9.08. The Labute approximate surface area is 30.0 Å². The van der Waals surface area contributed by atoms with Gasteiger partial charge in [-0.3, -0.25) is 0 Å². The van der Waals surface area contributed by atoms with Gasteiger partial charge in [-0.05, 0) is 0 Å². The van der Waals surface area contributed by atoms with E-state index in [0.29, 0.717) is 0 Å². The molecule has 0 atom stereocenters. The van der Waals surface area contributed by atoms with Gasteiger partial charge < -0.3 is 5.14 Å². The first kappa shape index (κ1) is 4.87. The number of rotatable bonds is 0. The van der Waals surface area contributed by atoms with E-state index in [-0.39, 0.29) is 0 Å². The molecule has 0 aromatic heterocycles. The Morgan fingerprint density at radius 1 is 1.60 bits per heavy atom. The molecule has 0 saturated heterocycles. The van der Waals surface area contributed by atoms with E-state index in [9.17, 15) is 0 Å². The molecule has 0 amide bonds. The largest absolute Gasteiger partial charge is 0.551 e. The van der Waals surface area contributed by atoms with Gasteiger partial charge in [-0.1, -0.05) is 0 Å². The standard InChI is InChI=1S/H3N2O2S/c1-5(2,3)4/h(H3-,1,2,3,4)/q-1. The summed E-state index contributed by atoms with van der Waals surface area (Å²) >= 11 is 0. The van der Waals surface area contributed by atoms with Crippen LogP contribution >= 0.6 is 0 Å². The van der Waals surface area contributed by atoms with Crippen LogP contribution in [0.3, 0.4) is 0 Å². The summed E-state index contributed by atoms with van der Waals surface area (Å²) in [5, 5.41) is 9.68. The Morgan fingerprint density at radius 3 is 1.60 bits per heavy atom. The zero-order chi connectivity index (χ0) is 4.50. The van der Waals surface area contributed by atoms with Crippen molar-refractivity contribution in [2.24, 2.45) is 5.14 Å². The Bertz CT molecular complexity index is 90.8. The molecule has 0 aliphatic rings. The quantitative estimate of drug-likeness (QED) is 0.429. The molecule has 0 spiro atoms. The smallest absolute Gasteiger partial charge is 0.129 e. The molecule has 0 rings (SSSR count). The van der Waals surface area contributed by atoms with E-state index in [4.69, 9.17) is 13.6 Å². The van der Waals surface area contributed by atoms with Crippen LogP contribution in [0, 0.1) is 0 Å². The van der Waals surface area contributed by atoms with Crippen molar-refractivity contribution in [2.75, 3.05) is 0 Å². The molecule has 0 aliphatic carbocycles. The molecule has 0 radical (unpaired) electrons. The van der Waals surface area contributed by atoms with E-state index in [2.05, 4.69) is 5.14 Å². The fourth-order valence-electron chi connectivity index (χ4n) is 0. The summed E-state index contributed by atoms with van der Waals surface area (Å²) in [6, 6.07) is 0. The zero-order valence-corrected chi connectivity index (χ0v) is 3.12. The van der Waals surface area contributed by atoms with Gasteiger partial charge in [0, 0.05) is 0 Å². The molecule has 0 saturated carbocycles. The van der Waals surface area contributed by atoms with Crippen LogP contribution in [-0.4, -0.2) is 8.42 Å². The second-order valence-corrected chi connectivity index (χ2v) is 1.64. The van der Waals surface area contributed by atoms with E-state index in [1.807, 2.05) is 0 Å². The molecular formula is H3N2O2S-. The fraction of sp³-hybridized carbons (Fsp3) is 0. The van der Waals surface area contributed by atoms with Crippen molar-refractivity contribution < 1.29 is 8.42 Å². The maximum Gasteiger partial charge on any atom is 0.129 e. The molecule has 3 N–H and O–H groups in total. The number of hydrogen-bond acceptors (Lipinski definition) is 2. The monoisotopic (exact) mass is 95.0 g/mol. The zero-order valence-electron chi connectivity index (χ0n) is 2.30. The van der Waals surface area contributed by atoms with Crippen molar-refractivity contribution in [3.05, 3.63) is 5.14 Å². The molecule has 0 fully saturated rings. The summed E-state index contributed by atoms with van der Waals surface area (Å²) in [4.78, 5) is 0. The van der Waals surface area contributed by atoms with Gasteiger partial charge in [-0.25, -0.2) is 13.6 Å². The van der Waals surface area contributed by atoms with Gasteiger partial charge in [0.15, 0.2) is 0 Å². The predicted octanol–water partition coefficient (Wildman–Crippen LogP) is -0.758. The van der Waals surface area contributed by atoms with E-state index in [1.165, 1.54) is 0 Å². The Balaban J connectivity index is 4.06. The van der Waals surface area contributed by atoms with Crippen LogP contribution in [0.1, 0.15) is 0 Å². The lowest BCUT2D eigenvalue weighted by Crippen LogP contribution is -2.02. The summed E-state index contributed by atoms with van der Waals surface area (Å²) in [5.41, 5.74) is 0. The predicted molar refractivity (Wildman–Crippen MR) is 17.4 cm³/mol.